The lowest BCUT2D eigenvalue weighted by Crippen LogP contribution is -2.36. The Balaban J connectivity index is 2.42. The van der Waals surface area contributed by atoms with Gasteiger partial charge in [-0.05, 0) is 23.0 Å². The first-order valence-corrected chi connectivity index (χ1v) is 7.39. The quantitative estimate of drug-likeness (QED) is 0.685. The molecule has 19 heavy (non-hydrogen) atoms. The van der Waals surface area contributed by atoms with Gasteiger partial charge in [-0.2, -0.15) is 0 Å². The molecule has 0 N–H and O–H groups in total. The molecule has 0 amide bonds. The summed E-state index contributed by atoms with van der Waals surface area (Å²) in [7, 11) is 3.12. The van der Waals surface area contributed by atoms with Crippen molar-refractivity contribution >= 4 is 9.24 Å². The maximum Gasteiger partial charge on any atom is 0.0186 e. The Labute approximate surface area is 119 Å². The van der Waals surface area contributed by atoms with Crippen LogP contribution in [-0.4, -0.2) is 0 Å². The third-order valence-corrected chi connectivity index (χ3v) is 5.36. The van der Waals surface area contributed by atoms with Crippen LogP contribution >= 0.6 is 9.24 Å². The molecule has 0 radical (unpaired) electrons. The SMILES string of the molecule is CC(C)(C)C(P)(Cc1ccccc1)c1ccccc1. The fourth-order valence-electron chi connectivity index (χ4n) is 2.45. The molecule has 2 rings (SSSR count). The van der Waals surface area contributed by atoms with Crippen molar-refractivity contribution in [3.63, 3.8) is 0 Å². The molecular formula is C18H23P. The van der Waals surface area contributed by atoms with Crippen LogP contribution in [0.5, 0.6) is 0 Å². The summed E-state index contributed by atoms with van der Waals surface area (Å²) in [5.74, 6) is 0. The van der Waals surface area contributed by atoms with Crippen molar-refractivity contribution in [1.29, 1.82) is 0 Å². The van der Waals surface area contributed by atoms with Gasteiger partial charge < -0.3 is 0 Å². The van der Waals surface area contributed by atoms with Crippen molar-refractivity contribution in [3.8, 4) is 0 Å². The zero-order valence-corrected chi connectivity index (χ0v) is 13.2. The van der Waals surface area contributed by atoms with E-state index in [0.717, 1.165) is 6.42 Å². The topological polar surface area (TPSA) is 0 Å². The van der Waals surface area contributed by atoms with Gasteiger partial charge in [0.25, 0.3) is 0 Å². The van der Waals surface area contributed by atoms with Gasteiger partial charge >= 0.3 is 0 Å². The molecule has 0 aromatic heterocycles. The first-order chi connectivity index (χ1) is 8.93. The fourth-order valence-corrected chi connectivity index (χ4v) is 2.88. The highest BCUT2D eigenvalue weighted by Crippen LogP contribution is 2.49. The summed E-state index contributed by atoms with van der Waals surface area (Å²) >= 11 is 0. The van der Waals surface area contributed by atoms with E-state index in [2.05, 4.69) is 90.7 Å². The van der Waals surface area contributed by atoms with E-state index in [4.69, 9.17) is 0 Å². The van der Waals surface area contributed by atoms with Crippen molar-refractivity contribution < 1.29 is 0 Å². The van der Waals surface area contributed by atoms with E-state index in [1.54, 1.807) is 0 Å². The summed E-state index contributed by atoms with van der Waals surface area (Å²) in [6.45, 7) is 6.95. The summed E-state index contributed by atoms with van der Waals surface area (Å²) in [5, 5.41) is 0.0512. The van der Waals surface area contributed by atoms with Crippen LogP contribution in [0.1, 0.15) is 31.9 Å². The molecule has 0 nitrogen and oxygen atoms in total. The average molecular weight is 270 g/mol. The average Bonchev–Trinajstić information content (AvgIpc) is 2.39. The predicted octanol–water partition coefficient (Wildman–Crippen LogP) is 5.05. The standard InChI is InChI=1S/C18H23P/c1-17(2,3)18(19,16-12-8-5-9-13-16)14-15-10-6-4-7-11-15/h4-13H,14,19H2,1-3H3. The normalized spacial score (nSPS) is 14.9. The molecule has 2 aromatic carbocycles. The van der Waals surface area contributed by atoms with Gasteiger partial charge in [0.1, 0.15) is 0 Å². The monoisotopic (exact) mass is 270 g/mol. The largest absolute Gasteiger partial charge is 0.125 e. The molecule has 0 bridgehead atoms. The Morgan fingerprint density at radius 1 is 0.789 bits per heavy atom. The first kappa shape index (κ1) is 14.3. The van der Waals surface area contributed by atoms with Crippen molar-refractivity contribution in [2.45, 2.75) is 32.3 Å². The minimum absolute atomic E-state index is 0.0512. The lowest BCUT2D eigenvalue weighted by Gasteiger charge is -2.42. The minimum Gasteiger partial charge on any atom is -0.125 e. The molecule has 1 heteroatoms. The van der Waals surface area contributed by atoms with E-state index in [1.165, 1.54) is 11.1 Å². The molecule has 0 aliphatic rings. The zero-order valence-electron chi connectivity index (χ0n) is 12.1. The van der Waals surface area contributed by atoms with E-state index < -0.39 is 0 Å². The molecular weight excluding hydrogens is 247 g/mol. The van der Waals surface area contributed by atoms with Gasteiger partial charge in [-0.25, -0.2) is 0 Å². The lowest BCUT2D eigenvalue weighted by atomic mass is 9.72. The molecule has 2 aromatic rings. The smallest absolute Gasteiger partial charge is 0.0186 e. The Morgan fingerprint density at radius 2 is 1.26 bits per heavy atom. The number of hydrogen-bond donors (Lipinski definition) is 0. The molecule has 2 unspecified atom stereocenters. The first-order valence-electron chi connectivity index (χ1n) is 6.82. The Morgan fingerprint density at radius 3 is 1.74 bits per heavy atom. The predicted molar refractivity (Wildman–Crippen MR) is 87.4 cm³/mol. The maximum atomic E-state index is 3.12. The molecule has 0 aliphatic carbocycles. The molecule has 0 spiro atoms. The van der Waals surface area contributed by atoms with Crippen molar-refractivity contribution in [1.82, 2.24) is 0 Å². The van der Waals surface area contributed by atoms with Crippen LogP contribution in [0.4, 0.5) is 0 Å². The number of hydrogen-bond acceptors (Lipinski definition) is 0. The van der Waals surface area contributed by atoms with Gasteiger partial charge in [0.2, 0.25) is 0 Å². The zero-order chi connectivity index (χ0) is 13.9. The van der Waals surface area contributed by atoms with Gasteiger partial charge in [0.05, 0.1) is 0 Å². The van der Waals surface area contributed by atoms with Gasteiger partial charge in [-0.3, -0.25) is 0 Å². The Kier molecular flexibility index (Phi) is 4.11. The molecule has 2 atom stereocenters. The fraction of sp³-hybridized carbons (Fsp3) is 0.333. The third kappa shape index (κ3) is 3.07. The number of benzene rings is 2. The highest BCUT2D eigenvalue weighted by Gasteiger charge is 2.39. The van der Waals surface area contributed by atoms with Crippen LogP contribution in [-0.2, 0) is 11.6 Å². The van der Waals surface area contributed by atoms with Gasteiger partial charge in [-0.1, -0.05) is 81.4 Å². The van der Waals surface area contributed by atoms with Gasteiger partial charge in [0, 0.05) is 5.16 Å². The van der Waals surface area contributed by atoms with Crippen LogP contribution in [0.3, 0.4) is 0 Å². The Bertz CT molecular complexity index is 510. The molecule has 0 saturated carbocycles. The summed E-state index contributed by atoms with van der Waals surface area (Å²) in [6, 6.07) is 21.6. The van der Waals surface area contributed by atoms with Gasteiger partial charge in [-0.15, -0.1) is 9.24 Å². The molecule has 0 saturated heterocycles. The molecule has 0 aliphatic heterocycles. The minimum atomic E-state index is 0.0512. The van der Waals surface area contributed by atoms with Crippen molar-refractivity contribution in [3.05, 3.63) is 71.8 Å². The summed E-state index contributed by atoms with van der Waals surface area (Å²) in [4.78, 5) is 0. The van der Waals surface area contributed by atoms with Crippen LogP contribution in [0.15, 0.2) is 60.7 Å². The van der Waals surface area contributed by atoms with Crippen LogP contribution in [0.2, 0.25) is 0 Å². The van der Waals surface area contributed by atoms with Crippen molar-refractivity contribution in [2.24, 2.45) is 5.41 Å². The maximum absolute atomic E-state index is 3.12. The lowest BCUT2D eigenvalue weighted by molar-refractivity contribution is 0.280. The van der Waals surface area contributed by atoms with E-state index in [-0.39, 0.29) is 10.6 Å². The van der Waals surface area contributed by atoms with Crippen LogP contribution in [0.25, 0.3) is 0 Å². The highest BCUT2D eigenvalue weighted by atomic mass is 31.0. The molecule has 100 valence electrons. The summed E-state index contributed by atoms with van der Waals surface area (Å²) in [5.41, 5.74) is 2.95. The van der Waals surface area contributed by atoms with Gasteiger partial charge in [0.15, 0.2) is 0 Å². The van der Waals surface area contributed by atoms with Crippen LogP contribution < -0.4 is 0 Å². The second-order valence-electron chi connectivity index (χ2n) is 6.25. The number of rotatable bonds is 3. The van der Waals surface area contributed by atoms with Crippen molar-refractivity contribution in [2.75, 3.05) is 0 Å². The summed E-state index contributed by atoms with van der Waals surface area (Å²) < 4.78 is 0. The summed E-state index contributed by atoms with van der Waals surface area (Å²) in [6.07, 6.45) is 1.03. The molecule has 0 heterocycles. The van der Waals surface area contributed by atoms with E-state index >= 15 is 0 Å². The Hall–Kier alpha value is -1.13. The second kappa shape index (κ2) is 5.47. The van der Waals surface area contributed by atoms with E-state index in [9.17, 15) is 0 Å². The second-order valence-corrected chi connectivity index (χ2v) is 7.24. The highest BCUT2D eigenvalue weighted by molar-refractivity contribution is 7.18. The van der Waals surface area contributed by atoms with E-state index in [1.807, 2.05) is 0 Å². The molecule has 0 fully saturated rings. The third-order valence-electron chi connectivity index (χ3n) is 3.95. The van der Waals surface area contributed by atoms with E-state index in [0.29, 0.717) is 0 Å². The van der Waals surface area contributed by atoms with Crippen LogP contribution in [0, 0.1) is 5.41 Å².